The van der Waals surface area contributed by atoms with Gasteiger partial charge in [-0.25, -0.2) is 0 Å². The molecule has 1 aliphatic heterocycles. The predicted octanol–water partition coefficient (Wildman–Crippen LogP) is 4.10. The topological polar surface area (TPSA) is 65.1 Å². The fourth-order valence-electron chi connectivity index (χ4n) is 3.82. The summed E-state index contributed by atoms with van der Waals surface area (Å²) >= 11 is 0. The second-order valence-electron chi connectivity index (χ2n) is 6.78. The quantitative estimate of drug-likeness (QED) is 0.580. The number of nitrogens with zero attached hydrogens (tertiary/aromatic N) is 1. The monoisotopic (exact) mass is 403 g/mol. The van der Waals surface area contributed by atoms with Gasteiger partial charge in [0.25, 0.3) is 11.8 Å². The van der Waals surface area contributed by atoms with Gasteiger partial charge in [0.2, 0.25) is 0 Å². The molecule has 0 N–H and O–H groups in total. The Balaban J connectivity index is 1.97. The van der Waals surface area contributed by atoms with Crippen LogP contribution >= 0.6 is 0 Å². The van der Waals surface area contributed by atoms with Gasteiger partial charge in [-0.15, -0.1) is 0 Å². The number of carbonyl (C=O) groups excluding carboxylic acids is 2. The maximum Gasteiger partial charge on any atom is 0.262 e. The molecule has 2 amide bonds. The largest absolute Gasteiger partial charge is 0.496 e. The highest BCUT2D eigenvalue weighted by Gasteiger charge is 2.43. The molecule has 0 aliphatic carbocycles. The zero-order chi connectivity index (χ0) is 21.3. The Morgan fingerprint density at radius 1 is 0.700 bits per heavy atom. The molecule has 0 radical (unpaired) electrons. The number of hydrogen-bond donors (Lipinski definition) is 0. The van der Waals surface area contributed by atoms with E-state index in [9.17, 15) is 9.59 Å². The van der Waals surface area contributed by atoms with E-state index in [1.54, 1.807) is 43.5 Å². The van der Waals surface area contributed by atoms with E-state index < -0.39 is 6.04 Å². The van der Waals surface area contributed by atoms with Crippen LogP contribution in [0.5, 0.6) is 17.2 Å². The van der Waals surface area contributed by atoms with Gasteiger partial charge in [0.1, 0.15) is 17.2 Å². The summed E-state index contributed by atoms with van der Waals surface area (Å²) in [7, 11) is 4.61. The summed E-state index contributed by atoms with van der Waals surface area (Å²) in [6.45, 7) is 0. The first-order chi connectivity index (χ1) is 14.6. The lowest BCUT2D eigenvalue weighted by Gasteiger charge is -2.30. The minimum absolute atomic E-state index is 0.357. The highest BCUT2D eigenvalue weighted by Crippen LogP contribution is 2.45. The van der Waals surface area contributed by atoms with Crippen LogP contribution in [-0.2, 0) is 0 Å². The van der Waals surface area contributed by atoms with E-state index in [4.69, 9.17) is 14.2 Å². The molecule has 1 unspecified atom stereocenters. The van der Waals surface area contributed by atoms with Crippen LogP contribution in [0.25, 0.3) is 0 Å². The molecule has 1 atom stereocenters. The van der Waals surface area contributed by atoms with Gasteiger partial charge in [0, 0.05) is 12.1 Å². The number of hydrogen-bond acceptors (Lipinski definition) is 5. The second kappa shape index (κ2) is 7.91. The maximum atomic E-state index is 13.3. The molecule has 0 saturated carbocycles. The molecular formula is C24H21NO5. The van der Waals surface area contributed by atoms with Crippen molar-refractivity contribution < 1.29 is 23.8 Å². The van der Waals surface area contributed by atoms with Gasteiger partial charge in [0.05, 0.1) is 44.1 Å². The van der Waals surface area contributed by atoms with Crippen LogP contribution in [-0.4, -0.2) is 38.0 Å². The van der Waals surface area contributed by atoms with Crippen molar-refractivity contribution in [2.45, 2.75) is 6.04 Å². The lowest BCUT2D eigenvalue weighted by molar-refractivity contribution is 0.0606. The van der Waals surface area contributed by atoms with Crippen molar-refractivity contribution in [3.05, 3.63) is 89.0 Å². The van der Waals surface area contributed by atoms with Gasteiger partial charge in [-0.05, 0) is 17.7 Å². The predicted molar refractivity (Wildman–Crippen MR) is 111 cm³/mol. The molecule has 0 bridgehead atoms. The minimum Gasteiger partial charge on any atom is -0.496 e. The Bertz CT molecular complexity index is 1050. The van der Waals surface area contributed by atoms with Crippen molar-refractivity contribution in [3.63, 3.8) is 0 Å². The van der Waals surface area contributed by atoms with Crippen LogP contribution in [0.4, 0.5) is 0 Å². The number of fused-ring (bicyclic) bond motifs is 1. The first-order valence-electron chi connectivity index (χ1n) is 9.42. The van der Waals surface area contributed by atoms with E-state index in [1.807, 2.05) is 30.3 Å². The van der Waals surface area contributed by atoms with E-state index in [2.05, 4.69) is 0 Å². The first kappa shape index (κ1) is 19.5. The number of benzene rings is 3. The molecule has 3 aromatic rings. The third-order valence-corrected chi connectivity index (χ3v) is 5.23. The van der Waals surface area contributed by atoms with Gasteiger partial charge in [-0.2, -0.15) is 0 Å². The molecule has 6 heteroatoms. The maximum absolute atomic E-state index is 13.3. The molecule has 0 saturated heterocycles. The Morgan fingerprint density at radius 3 is 1.67 bits per heavy atom. The van der Waals surface area contributed by atoms with E-state index in [0.29, 0.717) is 33.9 Å². The summed E-state index contributed by atoms with van der Waals surface area (Å²) in [5.74, 6) is 0.739. The summed E-state index contributed by atoms with van der Waals surface area (Å²) < 4.78 is 16.6. The van der Waals surface area contributed by atoms with E-state index >= 15 is 0 Å². The molecule has 30 heavy (non-hydrogen) atoms. The molecule has 4 rings (SSSR count). The zero-order valence-electron chi connectivity index (χ0n) is 16.9. The van der Waals surface area contributed by atoms with Crippen LogP contribution < -0.4 is 14.2 Å². The number of rotatable bonds is 6. The molecular weight excluding hydrogens is 382 g/mol. The molecule has 1 heterocycles. The van der Waals surface area contributed by atoms with Crippen molar-refractivity contribution in [2.24, 2.45) is 0 Å². The van der Waals surface area contributed by atoms with Crippen LogP contribution in [0, 0.1) is 0 Å². The van der Waals surface area contributed by atoms with Gasteiger partial charge < -0.3 is 14.2 Å². The molecule has 0 fully saturated rings. The SMILES string of the molecule is COc1cc(OC)c(C(c2ccccc2)N2C(=O)c3ccccc3C2=O)c(OC)c1. The summed E-state index contributed by atoms with van der Waals surface area (Å²) in [5, 5.41) is 0. The summed E-state index contributed by atoms with van der Waals surface area (Å²) in [6, 6.07) is 18.9. The third kappa shape index (κ3) is 3.06. The highest BCUT2D eigenvalue weighted by molar-refractivity contribution is 6.21. The third-order valence-electron chi connectivity index (χ3n) is 5.23. The van der Waals surface area contributed by atoms with Gasteiger partial charge in [0.15, 0.2) is 0 Å². The van der Waals surface area contributed by atoms with Crippen molar-refractivity contribution >= 4 is 11.8 Å². The lowest BCUT2D eigenvalue weighted by atomic mass is 9.95. The van der Waals surface area contributed by atoms with Gasteiger partial charge >= 0.3 is 0 Å². The summed E-state index contributed by atoms with van der Waals surface area (Å²) in [5.41, 5.74) is 2.10. The fourth-order valence-corrected chi connectivity index (χ4v) is 3.82. The van der Waals surface area contributed by atoms with Crippen molar-refractivity contribution in [2.75, 3.05) is 21.3 Å². The fraction of sp³-hybridized carbons (Fsp3) is 0.167. The number of carbonyl (C=O) groups is 2. The number of amides is 2. The van der Waals surface area contributed by atoms with E-state index in [0.717, 1.165) is 5.56 Å². The molecule has 152 valence electrons. The Labute approximate surface area is 174 Å². The van der Waals surface area contributed by atoms with Crippen LogP contribution in [0.15, 0.2) is 66.7 Å². The van der Waals surface area contributed by atoms with Crippen LogP contribution in [0.3, 0.4) is 0 Å². The smallest absolute Gasteiger partial charge is 0.262 e. The van der Waals surface area contributed by atoms with Crippen LogP contribution in [0.1, 0.15) is 37.9 Å². The number of methoxy groups -OCH3 is 3. The minimum atomic E-state index is -0.741. The Morgan fingerprint density at radius 2 is 1.20 bits per heavy atom. The molecule has 0 spiro atoms. The zero-order valence-corrected chi connectivity index (χ0v) is 16.9. The molecule has 6 nitrogen and oxygen atoms in total. The molecule has 3 aromatic carbocycles. The average molecular weight is 403 g/mol. The van der Waals surface area contributed by atoms with Crippen molar-refractivity contribution in [1.82, 2.24) is 4.90 Å². The van der Waals surface area contributed by atoms with E-state index in [1.165, 1.54) is 19.1 Å². The summed E-state index contributed by atoms with van der Waals surface area (Å²) in [6.07, 6.45) is 0. The van der Waals surface area contributed by atoms with Crippen LogP contribution in [0.2, 0.25) is 0 Å². The highest BCUT2D eigenvalue weighted by atomic mass is 16.5. The van der Waals surface area contributed by atoms with Crippen molar-refractivity contribution in [3.8, 4) is 17.2 Å². The number of imide groups is 1. The van der Waals surface area contributed by atoms with E-state index in [-0.39, 0.29) is 11.8 Å². The summed E-state index contributed by atoms with van der Waals surface area (Å²) in [4.78, 5) is 27.9. The second-order valence-corrected chi connectivity index (χ2v) is 6.78. The number of ether oxygens (including phenoxy) is 3. The molecule has 1 aliphatic rings. The lowest BCUT2D eigenvalue weighted by Crippen LogP contribution is -2.35. The first-order valence-corrected chi connectivity index (χ1v) is 9.42. The van der Waals surface area contributed by atoms with Gasteiger partial charge in [-0.3, -0.25) is 14.5 Å². The average Bonchev–Trinajstić information content (AvgIpc) is 3.05. The standard InChI is InChI=1S/C24H21NO5/c1-28-16-13-19(29-2)21(20(14-16)30-3)22(15-9-5-4-6-10-15)25-23(26)17-11-7-8-12-18(17)24(25)27/h4-14,22H,1-3H3. The normalized spacial score (nSPS) is 13.8. The Hall–Kier alpha value is -3.80. The van der Waals surface area contributed by atoms with Crippen molar-refractivity contribution in [1.29, 1.82) is 0 Å². The molecule has 0 aromatic heterocycles. The Kier molecular flexibility index (Phi) is 5.14. The van der Waals surface area contributed by atoms with Gasteiger partial charge in [-0.1, -0.05) is 42.5 Å².